The molecule has 1 unspecified atom stereocenters. The molecule has 2 heterocycles. The van der Waals surface area contributed by atoms with Crippen LogP contribution < -0.4 is 4.72 Å². The molecular formula is C17H21N3O3S. The van der Waals surface area contributed by atoms with E-state index in [1.165, 1.54) is 0 Å². The highest BCUT2D eigenvalue weighted by Crippen LogP contribution is 2.49. The molecule has 0 amide bonds. The maximum atomic E-state index is 12.7. The van der Waals surface area contributed by atoms with Gasteiger partial charge in [0.25, 0.3) is 0 Å². The van der Waals surface area contributed by atoms with Crippen LogP contribution in [-0.4, -0.2) is 37.5 Å². The van der Waals surface area contributed by atoms with Gasteiger partial charge in [0.15, 0.2) is 0 Å². The van der Waals surface area contributed by atoms with Crippen molar-refractivity contribution in [2.75, 3.05) is 13.2 Å². The van der Waals surface area contributed by atoms with Gasteiger partial charge in [0.2, 0.25) is 10.0 Å². The van der Waals surface area contributed by atoms with Gasteiger partial charge >= 0.3 is 0 Å². The Kier molecular flexibility index (Phi) is 3.94. The number of hydrogen-bond acceptors (Lipinski definition) is 4. The minimum Gasteiger partial charge on any atom is -0.381 e. The van der Waals surface area contributed by atoms with Crippen LogP contribution in [-0.2, 0) is 14.8 Å². The van der Waals surface area contributed by atoms with E-state index >= 15 is 0 Å². The van der Waals surface area contributed by atoms with Gasteiger partial charge in [-0.05, 0) is 61.4 Å². The van der Waals surface area contributed by atoms with Gasteiger partial charge in [-0.3, -0.25) is 0 Å². The van der Waals surface area contributed by atoms with E-state index in [2.05, 4.69) is 9.82 Å². The Morgan fingerprint density at radius 3 is 2.50 bits per heavy atom. The van der Waals surface area contributed by atoms with Crippen molar-refractivity contribution < 1.29 is 13.2 Å². The molecule has 0 bridgehead atoms. The van der Waals surface area contributed by atoms with E-state index in [0.29, 0.717) is 4.90 Å². The average molecular weight is 347 g/mol. The highest BCUT2D eigenvalue weighted by molar-refractivity contribution is 7.89. The number of sulfonamides is 1. The Bertz CT molecular complexity index is 794. The number of nitrogens with zero attached hydrogens (tertiary/aromatic N) is 2. The van der Waals surface area contributed by atoms with Gasteiger partial charge in [-0.1, -0.05) is 0 Å². The summed E-state index contributed by atoms with van der Waals surface area (Å²) < 4.78 is 35.4. The van der Waals surface area contributed by atoms with E-state index in [-0.39, 0.29) is 11.5 Å². The molecule has 1 atom stereocenters. The summed E-state index contributed by atoms with van der Waals surface area (Å²) in [5.41, 5.74) is 0.934. The molecule has 7 heteroatoms. The van der Waals surface area contributed by atoms with Gasteiger partial charge in [-0.2, -0.15) is 5.10 Å². The van der Waals surface area contributed by atoms with E-state index in [0.717, 1.165) is 44.6 Å². The predicted molar refractivity (Wildman–Crippen MR) is 89.4 cm³/mol. The van der Waals surface area contributed by atoms with Gasteiger partial charge in [0.1, 0.15) is 0 Å². The molecule has 1 saturated carbocycles. The van der Waals surface area contributed by atoms with Crippen molar-refractivity contribution in [3.05, 3.63) is 42.7 Å². The molecule has 1 aromatic heterocycles. The summed E-state index contributed by atoms with van der Waals surface area (Å²) in [4.78, 5) is 0.299. The number of aromatic nitrogens is 2. The summed E-state index contributed by atoms with van der Waals surface area (Å²) in [5, 5.41) is 4.15. The summed E-state index contributed by atoms with van der Waals surface area (Å²) in [6, 6.07) is 8.66. The molecule has 0 radical (unpaired) electrons. The molecule has 1 N–H and O–H groups in total. The molecule has 1 aliphatic heterocycles. The second kappa shape index (κ2) is 5.98. The minimum atomic E-state index is -3.50. The molecule has 4 rings (SSSR count). The van der Waals surface area contributed by atoms with E-state index < -0.39 is 10.0 Å². The lowest BCUT2D eigenvalue weighted by Crippen LogP contribution is -2.57. The van der Waals surface area contributed by atoms with E-state index in [1.807, 2.05) is 12.3 Å². The third kappa shape index (κ3) is 2.76. The number of hydrogen-bond donors (Lipinski definition) is 1. The Hall–Kier alpha value is -1.70. The molecule has 2 aromatic rings. The van der Waals surface area contributed by atoms with Crippen LogP contribution in [0.15, 0.2) is 47.6 Å². The SMILES string of the molecule is O=S(=O)(NC1CCC12CCOCC2)c1ccc(-n2cccn2)cc1. The summed E-state index contributed by atoms with van der Waals surface area (Å²) >= 11 is 0. The summed E-state index contributed by atoms with van der Waals surface area (Å²) in [6.07, 6.45) is 7.39. The molecule has 1 aliphatic carbocycles. The third-order valence-corrected chi connectivity index (χ3v) is 6.86. The van der Waals surface area contributed by atoms with Gasteiger partial charge in [-0.25, -0.2) is 17.8 Å². The first-order chi connectivity index (χ1) is 11.6. The molecule has 1 saturated heterocycles. The summed E-state index contributed by atoms with van der Waals surface area (Å²) in [7, 11) is -3.50. The second-order valence-electron chi connectivity index (χ2n) is 6.63. The van der Waals surface area contributed by atoms with Crippen molar-refractivity contribution in [2.24, 2.45) is 5.41 Å². The molecule has 2 fully saturated rings. The van der Waals surface area contributed by atoms with E-state index in [4.69, 9.17) is 4.74 Å². The Morgan fingerprint density at radius 1 is 1.17 bits per heavy atom. The quantitative estimate of drug-likeness (QED) is 0.919. The molecule has 24 heavy (non-hydrogen) atoms. The van der Waals surface area contributed by atoms with Gasteiger partial charge in [-0.15, -0.1) is 0 Å². The smallest absolute Gasteiger partial charge is 0.240 e. The Labute approximate surface area is 141 Å². The highest BCUT2D eigenvalue weighted by Gasteiger charge is 2.48. The van der Waals surface area contributed by atoms with Crippen LogP contribution in [0.1, 0.15) is 25.7 Å². The average Bonchev–Trinajstić information content (AvgIpc) is 3.14. The van der Waals surface area contributed by atoms with Gasteiger partial charge < -0.3 is 4.74 Å². The summed E-state index contributed by atoms with van der Waals surface area (Å²) in [5.74, 6) is 0. The van der Waals surface area contributed by atoms with Crippen LogP contribution in [0.5, 0.6) is 0 Å². The fraction of sp³-hybridized carbons (Fsp3) is 0.471. The van der Waals surface area contributed by atoms with Crippen molar-refractivity contribution >= 4 is 10.0 Å². The Balaban J connectivity index is 1.50. The zero-order valence-corrected chi connectivity index (χ0v) is 14.2. The maximum absolute atomic E-state index is 12.7. The molecule has 1 aromatic carbocycles. The molecule has 2 aliphatic rings. The van der Waals surface area contributed by atoms with Crippen LogP contribution in [0.25, 0.3) is 5.69 Å². The molecule has 6 nitrogen and oxygen atoms in total. The minimum absolute atomic E-state index is 0.0252. The molecule has 128 valence electrons. The third-order valence-electron chi connectivity index (χ3n) is 5.37. The summed E-state index contributed by atoms with van der Waals surface area (Å²) in [6.45, 7) is 1.47. The van der Waals surface area contributed by atoms with Crippen LogP contribution in [0, 0.1) is 5.41 Å². The van der Waals surface area contributed by atoms with Crippen LogP contribution in [0.2, 0.25) is 0 Å². The highest BCUT2D eigenvalue weighted by atomic mass is 32.2. The molecule has 1 spiro atoms. The van der Waals surface area contributed by atoms with Crippen molar-refractivity contribution in [3.8, 4) is 5.69 Å². The fourth-order valence-electron chi connectivity index (χ4n) is 3.71. The number of nitrogens with one attached hydrogen (secondary N) is 1. The van der Waals surface area contributed by atoms with Crippen LogP contribution in [0.3, 0.4) is 0 Å². The lowest BCUT2D eigenvalue weighted by molar-refractivity contribution is -0.0483. The first-order valence-corrected chi connectivity index (χ1v) is 9.78. The number of ether oxygens (including phenoxy) is 1. The predicted octanol–water partition coefficient (Wildman–Crippen LogP) is 2.11. The first kappa shape index (κ1) is 15.8. The Morgan fingerprint density at radius 2 is 1.92 bits per heavy atom. The van der Waals surface area contributed by atoms with Gasteiger partial charge in [0.05, 0.1) is 10.6 Å². The van der Waals surface area contributed by atoms with Crippen LogP contribution >= 0.6 is 0 Å². The van der Waals surface area contributed by atoms with Crippen molar-refractivity contribution in [3.63, 3.8) is 0 Å². The van der Waals surface area contributed by atoms with Crippen molar-refractivity contribution in [2.45, 2.75) is 36.6 Å². The van der Waals surface area contributed by atoms with Crippen LogP contribution in [0.4, 0.5) is 0 Å². The lowest BCUT2D eigenvalue weighted by Gasteiger charge is -2.51. The topological polar surface area (TPSA) is 73.2 Å². The second-order valence-corrected chi connectivity index (χ2v) is 8.35. The zero-order valence-electron chi connectivity index (χ0n) is 13.4. The fourth-order valence-corrected chi connectivity index (χ4v) is 5.09. The largest absolute Gasteiger partial charge is 0.381 e. The monoisotopic (exact) mass is 347 g/mol. The lowest BCUT2D eigenvalue weighted by atomic mass is 9.60. The number of benzene rings is 1. The molecular weight excluding hydrogens is 326 g/mol. The van der Waals surface area contributed by atoms with E-state index in [9.17, 15) is 8.42 Å². The van der Waals surface area contributed by atoms with E-state index in [1.54, 1.807) is 35.1 Å². The number of rotatable bonds is 4. The first-order valence-electron chi connectivity index (χ1n) is 8.29. The standard InChI is InChI=1S/C17H21N3O3S/c21-24(22,19-16-6-7-17(16)8-12-23-13-9-17)15-4-2-14(3-5-15)20-11-1-10-18-20/h1-5,10-11,16,19H,6-9,12-13H2. The van der Waals surface area contributed by atoms with Crippen molar-refractivity contribution in [1.29, 1.82) is 0 Å². The van der Waals surface area contributed by atoms with Crippen molar-refractivity contribution in [1.82, 2.24) is 14.5 Å². The normalized spacial score (nSPS) is 23.1. The maximum Gasteiger partial charge on any atom is 0.240 e. The zero-order chi connectivity index (χ0) is 16.6. The van der Waals surface area contributed by atoms with Gasteiger partial charge in [0, 0.05) is 31.6 Å².